The van der Waals surface area contributed by atoms with Crippen LogP contribution in [0, 0.1) is 0 Å². The molecule has 2 N–H and O–H groups in total. The minimum Gasteiger partial charge on any atom is -0.497 e. The van der Waals surface area contributed by atoms with Crippen molar-refractivity contribution in [1.82, 2.24) is 0 Å². The highest BCUT2D eigenvalue weighted by Crippen LogP contribution is 2.35. The largest absolute Gasteiger partial charge is 0.497 e. The molecule has 1 heterocycles. The minimum atomic E-state index is -0.522. The van der Waals surface area contributed by atoms with Gasteiger partial charge in [-0.15, -0.1) is 0 Å². The fourth-order valence-electron chi connectivity index (χ4n) is 3.89. The van der Waals surface area contributed by atoms with Crippen molar-refractivity contribution in [3.63, 3.8) is 0 Å². The molecule has 4 rings (SSSR count). The number of nitrogens with one attached hydrogen (secondary N) is 2. The summed E-state index contributed by atoms with van der Waals surface area (Å²) in [5.41, 5.74) is 2.14. The maximum atomic E-state index is 13.3. The number of amides is 2. The Morgan fingerprint density at radius 1 is 0.912 bits per heavy atom. The van der Waals surface area contributed by atoms with Gasteiger partial charge in [0, 0.05) is 11.5 Å². The van der Waals surface area contributed by atoms with Crippen molar-refractivity contribution in [3.8, 4) is 11.5 Å². The van der Waals surface area contributed by atoms with Crippen LogP contribution in [0.15, 0.2) is 77.2 Å². The molecule has 34 heavy (non-hydrogen) atoms. The lowest BCUT2D eigenvalue weighted by Gasteiger charge is -2.16. The highest BCUT2D eigenvalue weighted by Gasteiger charge is 2.26. The van der Waals surface area contributed by atoms with Crippen LogP contribution < -0.4 is 20.1 Å². The van der Waals surface area contributed by atoms with Gasteiger partial charge < -0.3 is 24.5 Å². The Labute approximate surface area is 197 Å². The van der Waals surface area contributed by atoms with Gasteiger partial charge in [-0.2, -0.15) is 0 Å². The molecule has 0 fully saturated rings. The van der Waals surface area contributed by atoms with Crippen LogP contribution in [0.5, 0.6) is 11.5 Å². The molecule has 7 nitrogen and oxygen atoms in total. The van der Waals surface area contributed by atoms with Crippen LogP contribution in [0.2, 0.25) is 0 Å². The van der Waals surface area contributed by atoms with E-state index in [4.69, 9.17) is 13.9 Å². The second-order valence-corrected chi connectivity index (χ2v) is 7.68. The molecular formula is C27H26N2O5. The Hall–Kier alpha value is -4.26. The van der Waals surface area contributed by atoms with Crippen molar-refractivity contribution in [1.29, 1.82) is 0 Å². The minimum absolute atomic E-state index is 0.00216. The van der Waals surface area contributed by atoms with Gasteiger partial charge in [0.2, 0.25) is 11.7 Å². The number of fused-ring (bicyclic) bond motifs is 1. The van der Waals surface area contributed by atoms with E-state index in [0.29, 0.717) is 40.3 Å². The van der Waals surface area contributed by atoms with Gasteiger partial charge in [0.25, 0.3) is 5.91 Å². The third-order valence-electron chi connectivity index (χ3n) is 5.63. The molecule has 0 unspecified atom stereocenters. The Bertz CT molecular complexity index is 1310. The van der Waals surface area contributed by atoms with Crippen LogP contribution >= 0.6 is 0 Å². The van der Waals surface area contributed by atoms with Crippen molar-refractivity contribution >= 4 is 34.2 Å². The molecule has 0 aliphatic carbocycles. The first kappa shape index (κ1) is 22.9. The van der Waals surface area contributed by atoms with Crippen molar-refractivity contribution in [2.75, 3.05) is 24.9 Å². The van der Waals surface area contributed by atoms with Crippen LogP contribution in [-0.2, 0) is 4.79 Å². The monoisotopic (exact) mass is 458 g/mol. The first-order valence-electron chi connectivity index (χ1n) is 11.0. The third kappa shape index (κ3) is 4.59. The number of rotatable bonds is 8. The van der Waals surface area contributed by atoms with Crippen LogP contribution in [0.4, 0.5) is 11.4 Å². The highest BCUT2D eigenvalue weighted by molar-refractivity contribution is 6.15. The summed E-state index contributed by atoms with van der Waals surface area (Å²) >= 11 is 0. The summed E-state index contributed by atoms with van der Waals surface area (Å²) in [7, 11) is 3.05. The van der Waals surface area contributed by atoms with Gasteiger partial charge in [-0.05, 0) is 36.2 Å². The van der Waals surface area contributed by atoms with E-state index in [2.05, 4.69) is 10.6 Å². The average Bonchev–Trinajstić information content (AvgIpc) is 3.23. The van der Waals surface area contributed by atoms with Gasteiger partial charge in [0.1, 0.15) is 22.8 Å². The number of hydrogen-bond donors (Lipinski definition) is 2. The van der Waals surface area contributed by atoms with Crippen LogP contribution in [-0.4, -0.2) is 26.0 Å². The summed E-state index contributed by atoms with van der Waals surface area (Å²) < 4.78 is 16.5. The second kappa shape index (κ2) is 10.1. The van der Waals surface area contributed by atoms with E-state index in [1.54, 1.807) is 30.3 Å². The van der Waals surface area contributed by atoms with Gasteiger partial charge >= 0.3 is 0 Å². The molecule has 0 aliphatic heterocycles. The van der Waals surface area contributed by atoms with Crippen LogP contribution in [0.3, 0.4) is 0 Å². The van der Waals surface area contributed by atoms with E-state index in [1.807, 2.05) is 49.4 Å². The summed E-state index contributed by atoms with van der Waals surface area (Å²) in [5.74, 6) is -0.0838. The molecular weight excluding hydrogens is 432 g/mol. The molecule has 0 saturated carbocycles. The van der Waals surface area contributed by atoms with Gasteiger partial charge in [-0.3, -0.25) is 9.59 Å². The number of carbonyl (C=O) groups is 2. The lowest BCUT2D eigenvalue weighted by atomic mass is 9.95. The molecule has 3 aromatic carbocycles. The molecule has 0 spiro atoms. The molecule has 2 amide bonds. The first-order chi connectivity index (χ1) is 16.5. The number of benzene rings is 3. The molecule has 7 heteroatoms. The zero-order chi connectivity index (χ0) is 24.1. The molecule has 1 atom stereocenters. The summed E-state index contributed by atoms with van der Waals surface area (Å²) in [6.45, 7) is 1.95. The second-order valence-electron chi connectivity index (χ2n) is 7.68. The Kier molecular flexibility index (Phi) is 6.82. The number of furan rings is 1. The summed E-state index contributed by atoms with van der Waals surface area (Å²) in [5, 5.41) is 6.40. The van der Waals surface area contributed by atoms with Crippen molar-refractivity contribution in [2.24, 2.45) is 0 Å². The fourth-order valence-corrected chi connectivity index (χ4v) is 3.89. The number of carbonyl (C=O) groups excluding carboxylic acids is 2. The topological polar surface area (TPSA) is 89.8 Å². The Morgan fingerprint density at radius 3 is 2.35 bits per heavy atom. The lowest BCUT2D eigenvalue weighted by Crippen LogP contribution is -2.22. The number of hydrogen-bond acceptors (Lipinski definition) is 5. The quantitative estimate of drug-likeness (QED) is 0.346. The summed E-state index contributed by atoms with van der Waals surface area (Å²) in [6.07, 6.45) is 0.605. The molecule has 0 radical (unpaired) electrons. The molecule has 4 aromatic rings. The predicted molar refractivity (Wildman–Crippen MR) is 132 cm³/mol. The summed E-state index contributed by atoms with van der Waals surface area (Å²) in [4.78, 5) is 26.6. The van der Waals surface area contributed by atoms with Crippen molar-refractivity contribution < 1.29 is 23.5 Å². The van der Waals surface area contributed by atoms with E-state index >= 15 is 0 Å². The Morgan fingerprint density at radius 2 is 1.65 bits per heavy atom. The zero-order valence-electron chi connectivity index (χ0n) is 19.3. The van der Waals surface area contributed by atoms with Gasteiger partial charge in [-0.25, -0.2) is 0 Å². The number of para-hydroxylation sites is 1. The van der Waals surface area contributed by atoms with Crippen LogP contribution in [0.25, 0.3) is 11.0 Å². The highest BCUT2D eigenvalue weighted by atomic mass is 16.5. The van der Waals surface area contributed by atoms with E-state index in [1.165, 1.54) is 14.2 Å². The standard InChI is InChI=1S/C27H26N2O5/c1-4-19(17-10-6-5-7-11-17)26(30)29-24-20-12-8-9-13-22(20)34-25(24)27(31)28-21-16-18(32-2)14-15-23(21)33-3/h5-16,19H,4H2,1-3H3,(H,28,31)(H,29,30)/t19-/m1/s1. The maximum absolute atomic E-state index is 13.3. The van der Waals surface area contributed by atoms with E-state index < -0.39 is 5.91 Å². The maximum Gasteiger partial charge on any atom is 0.293 e. The SMILES string of the molecule is CC[C@@H](C(=O)Nc1c(C(=O)Nc2cc(OC)ccc2OC)oc2ccccc12)c1ccccc1. The van der Waals surface area contributed by atoms with E-state index in [9.17, 15) is 9.59 Å². The van der Waals surface area contributed by atoms with Gasteiger partial charge in [-0.1, -0.05) is 49.4 Å². The van der Waals surface area contributed by atoms with Gasteiger partial charge in [0.15, 0.2) is 0 Å². The van der Waals surface area contributed by atoms with Gasteiger partial charge in [0.05, 0.1) is 25.8 Å². The van der Waals surface area contributed by atoms with Crippen molar-refractivity contribution in [2.45, 2.75) is 19.3 Å². The number of ether oxygens (including phenoxy) is 2. The fraction of sp³-hybridized carbons (Fsp3) is 0.185. The molecule has 174 valence electrons. The van der Waals surface area contributed by atoms with Crippen molar-refractivity contribution in [3.05, 3.63) is 84.1 Å². The molecule has 0 aliphatic rings. The normalized spacial score (nSPS) is 11.6. The predicted octanol–water partition coefficient (Wildman–Crippen LogP) is 5.83. The smallest absolute Gasteiger partial charge is 0.293 e. The lowest BCUT2D eigenvalue weighted by molar-refractivity contribution is -0.117. The number of anilines is 2. The van der Waals surface area contributed by atoms with Crippen LogP contribution in [0.1, 0.15) is 35.4 Å². The third-order valence-corrected chi connectivity index (χ3v) is 5.63. The van der Waals surface area contributed by atoms with E-state index in [-0.39, 0.29) is 17.6 Å². The molecule has 0 bridgehead atoms. The molecule has 0 saturated heterocycles. The molecule has 1 aromatic heterocycles. The van der Waals surface area contributed by atoms with E-state index in [0.717, 1.165) is 5.56 Å². The first-order valence-corrected chi connectivity index (χ1v) is 11.0. The number of methoxy groups -OCH3 is 2. The Balaban J connectivity index is 1.69. The average molecular weight is 459 g/mol. The zero-order valence-corrected chi connectivity index (χ0v) is 19.3. The summed E-state index contributed by atoms with van der Waals surface area (Å²) in [6, 6.07) is 21.8.